The van der Waals surface area contributed by atoms with Crippen molar-refractivity contribution in [1.29, 1.82) is 0 Å². The van der Waals surface area contributed by atoms with Gasteiger partial charge in [0, 0.05) is 6.54 Å². The molecule has 98 valence electrons. The molecule has 17 heavy (non-hydrogen) atoms. The first-order valence-corrected chi connectivity index (χ1v) is 6.48. The summed E-state index contributed by atoms with van der Waals surface area (Å²) in [6.07, 6.45) is 1.23. The van der Waals surface area contributed by atoms with E-state index in [1.165, 1.54) is 12.0 Å². The van der Waals surface area contributed by atoms with Gasteiger partial charge in [0.2, 0.25) is 0 Å². The number of aryl methyl sites for hydroxylation is 1. The van der Waals surface area contributed by atoms with Crippen molar-refractivity contribution in [3.05, 3.63) is 23.2 Å². The van der Waals surface area contributed by atoms with Crippen LogP contribution in [0.1, 0.15) is 37.4 Å². The van der Waals surface area contributed by atoms with Crippen LogP contribution in [-0.2, 0) is 13.1 Å². The second-order valence-corrected chi connectivity index (χ2v) is 5.06. The Morgan fingerprint density at radius 3 is 2.76 bits per heavy atom. The Labute approximate surface area is 105 Å². The Morgan fingerprint density at radius 1 is 1.47 bits per heavy atom. The van der Waals surface area contributed by atoms with Gasteiger partial charge in [0.25, 0.3) is 0 Å². The zero-order chi connectivity index (χ0) is 12.8. The van der Waals surface area contributed by atoms with Gasteiger partial charge in [-0.1, -0.05) is 20.3 Å². The highest BCUT2D eigenvalue weighted by atomic mass is 16.3. The molecule has 3 heteroatoms. The molecule has 1 heterocycles. The molecule has 0 aromatic carbocycles. The number of furan rings is 1. The van der Waals surface area contributed by atoms with Crippen molar-refractivity contribution in [2.45, 2.75) is 40.3 Å². The molecule has 1 N–H and O–H groups in total. The summed E-state index contributed by atoms with van der Waals surface area (Å²) in [5.74, 6) is 2.87. The van der Waals surface area contributed by atoms with Crippen molar-refractivity contribution in [2.75, 3.05) is 20.6 Å². The van der Waals surface area contributed by atoms with E-state index in [-0.39, 0.29) is 0 Å². The number of nitrogens with zero attached hydrogens (tertiary/aromatic N) is 1. The normalized spacial score (nSPS) is 13.3. The molecule has 0 aliphatic carbocycles. The highest BCUT2D eigenvalue weighted by Gasteiger charge is 2.10. The molecule has 1 atom stereocenters. The monoisotopic (exact) mass is 238 g/mol. The van der Waals surface area contributed by atoms with Crippen molar-refractivity contribution >= 4 is 0 Å². The van der Waals surface area contributed by atoms with Crippen LogP contribution in [0.4, 0.5) is 0 Å². The standard InChI is InChI=1S/C14H26N2O/c1-6-11(2)9-16(5)10-13-7-12(3)14(17-13)8-15-4/h7,11,15H,6,8-10H2,1-5H3. The largest absolute Gasteiger partial charge is 0.463 e. The second kappa shape index (κ2) is 6.82. The molecule has 0 aliphatic heterocycles. The first-order chi connectivity index (χ1) is 8.06. The first kappa shape index (κ1) is 14.3. The summed E-state index contributed by atoms with van der Waals surface area (Å²) in [5, 5.41) is 3.13. The van der Waals surface area contributed by atoms with Crippen LogP contribution in [0.25, 0.3) is 0 Å². The molecule has 0 radical (unpaired) electrons. The SMILES string of the molecule is CCC(C)CN(C)Cc1cc(C)c(CNC)o1. The minimum absolute atomic E-state index is 0.743. The number of nitrogens with one attached hydrogen (secondary N) is 1. The van der Waals surface area contributed by atoms with Crippen LogP contribution in [0.3, 0.4) is 0 Å². The van der Waals surface area contributed by atoms with Gasteiger partial charge in [-0.25, -0.2) is 0 Å². The summed E-state index contributed by atoms with van der Waals surface area (Å²) in [5.41, 5.74) is 1.24. The third-order valence-electron chi connectivity index (χ3n) is 3.15. The molecular weight excluding hydrogens is 212 g/mol. The molecule has 0 bridgehead atoms. The Morgan fingerprint density at radius 2 is 2.18 bits per heavy atom. The average molecular weight is 238 g/mol. The van der Waals surface area contributed by atoms with Gasteiger partial charge in [-0.05, 0) is 38.6 Å². The summed E-state index contributed by atoms with van der Waals surface area (Å²) in [6, 6.07) is 2.15. The van der Waals surface area contributed by atoms with E-state index < -0.39 is 0 Å². The summed E-state index contributed by atoms with van der Waals surface area (Å²) in [4.78, 5) is 2.33. The fraction of sp³-hybridized carbons (Fsp3) is 0.714. The molecule has 0 saturated carbocycles. The Balaban J connectivity index is 2.53. The van der Waals surface area contributed by atoms with Crippen LogP contribution in [0.2, 0.25) is 0 Å². The highest BCUT2D eigenvalue weighted by molar-refractivity contribution is 5.19. The maximum atomic E-state index is 5.84. The van der Waals surface area contributed by atoms with Crippen LogP contribution in [-0.4, -0.2) is 25.5 Å². The summed E-state index contributed by atoms with van der Waals surface area (Å²) in [7, 11) is 4.10. The third kappa shape index (κ3) is 4.52. The van der Waals surface area contributed by atoms with E-state index in [0.717, 1.165) is 37.1 Å². The Kier molecular flexibility index (Phi) is 5.72. The lowest BCUT2D eigenvalue weighted by Gasteiger charge is -2.19. The molecule has 0 aliphatic rings. The van der Waals surface area contributed by atoms with Gasteiger partial charge >= 0.3 is 0 Å². The van der Waals surface area contributed by atoms with Crippen molar-refractivity contribution < 1.29 is 4.42 Å². The highest BCUT2D eigenvalue weighted by Crippen LogP contribution is 2.16. The quantitative estimate of drug-likeness (QED) is 0.792. The Hall–Kier alpha value is -0.800. The molecule has 1 rings (SSSR count). The molecular formula is C14H26N2O. The maximum Gasteiger partial charge on any atom is 0.120 e. The van der Waals surface area contributed by atoms with Crippen molar-refractivity contribution in [2.24, 2.45) is 5.92 Å². The number of hydrogen-bond donors (Lipinski definition) is 1. The first-order valence-electron chi connectivity index (χ1n) is 6.48. The van der Waals surface area contributed by atoms with E-state index in [1.54, 1.807) is 0 Å². The predicted molar refractivity (Wildman–Crippen MR) is 72.0 cm³/mol. The molecule has 3 nitrogen and oxygen atoms in total. The maximum absolute atomic E-state index is 5.84. The molecule has 1 aromatic rings. The van der Waals surface area contributed by atoms with Gasteiger partial charge < -0.3 is 9.73 Å². The van der Waals surface area contributed by atoms with E-state index in [1.807, 2.05) is 7.05 Å². The topological polar surface area (TPSA) is 28.4 Å². The molecule has 0 fully saturated rings. The lowest BCUT2D eigenvalue weighted by molar-refractivity contribution is 0.251. The van der Waals surface area contributed by atoms with E-state index in [4.69, 9.17) is 4.42 Å². The average Bonchev–Trinajstić information content (AvgIpc) is 2.59. The van der Waals surface area contributed by atoms with Gasteiger partial charge in [0.15, 0.2) is 0 Å². The molecule has 1 unspecified atom stereocenters. The fourth-order valence-corrected chi connectivity index (χ4v) is 2.00. The van der Waals surface area contributed by atoms with Crippen LogP contribution in [0, 0.1) is 12.8 Å². The third-order valence-corrected chi connectivity index (χ3v) is 3.15. The van der Waals surface area contributed by atoms with Gasteiger partial charge in [-0.15, -0.1) is 0 Å². The van der Waals surface area contributed by atoms with Crippen LogP contribution in [0.5, 0.6) is 0 Å². The smallest absolute Gasteiger partial charge is 0.120 e. The zero-order valence-electron chi connectivity index (χ0n) is 11.8. The van der Waals surface area contributed by atoms with E-state index in [9.17, 15) is 0 Å². The van der Waals surface area contributed by atoms with Gasteiger partial charge in [-0.2, -0.15) is 0 Å². The molecule has 0 spiro atoms. The van der Waals surface area contributed by atoms with Gasteiger partial charge in [-0.3, -0.25) is 4.90 Å². The minimum Gasteiger partial charge on any atom is -0.463 e. The fourth-order valence-electron chi connectivity index (χ4n) is 2.00. The van der Waals surface area contributed by atoms with Crippen molar-refractivity contribution in [3.63, 3.8) is 0 Å². The summed E-state index contributed by atoms with van der Waals surface area (Å²) >= 11 is 0. The molecule has 0 amide bonds. The van der Waals surface area contributed by atoms with Crippen LogP contribution >= 0.6 is 0 Å². The van der Waals surface area contributed by atoms with Gasteiger partial charge in [0.1, 0.15) is 11.5 Å². The second-order valence-electron chi connectivity index (χ2n) is 5.06. The summed E-state index contributed by atoms with van der Waals surface area (Å²) < 4.78 is 5.84. The van der Waals surface area contributed by atoms with E-state index >= 15 is 0 Å². The zero-order valence-corrected chi connectivity index (χ0v) is 11.8. The Bertz CT molecular complexity index is 333. The van der Waals surface area contributed by atoms with Crippen LogP contribution in [0.15, 0.2) is 10.5 Å². The summed E-state index contributed by atoms with van der Waals surface area (Å²) in [6.45, 7) is 9.46. The number of hydrogen-bond acceptors (Lipinski definition) is 3. The molecule has 0 saturated heterocycles. The minimum atomic E-state index is 0.743. The van der Waals surface area contributed by atoms with Crippen molar-refractivity contribution in [3.8, 4) is 0 Å². The van der Waals surface area contributed by atoms with Crippen LogP contribution < -0.4 is 5.32 Å². The van der Waals surface area contributed by atoms with E-state index in [2.05, 4.69) is 44.1 Å². The van der Waals surface area contributed by atoms with E-state index in [0.29, 0.717) is 0 Å². The lowest BCUT2D eigenvalue weighted by atomic mass is 10.1. The number of rotatable bonds is 7. The lowest BCUT2D eigenvalue weighted by Crippen LogP contribution is -2.23. The van der Waals surface area contributed by atoms with Gasteiger partial charge in [0.05, 0.1) is 13.1 Å². The predicted octanol–water partition coefficient (Wildman–Crippen LogP) is 2.79. The molecule has 1 aromatic heterocycles. The van der Waals surface area contributed by atoms with Crippen molar-refractivity contribution in [1.82, 2.24) is 10.2 Å².